The van der Waals surface area contributed by atoms with E-state index in [1.807, 2.05) is 31.5 Å². The van der Waals surface area contributed by atoms with Gasteiger partial charge in [0.15, 0.2) is 11.8 Å². The molecule has 0 aliphatic heterocycles. The number of nitrogens with zero attached hydrogens (tertiary/aromatic N) is 5. The fraction of sp³-hybridized carbons (Fsp3) is 0.273. The van der Waals surface area contributed by atoms with Crippen LogP contribution in [0.4, 0.5) is 5.88 Å². The van der Waals surface area contributed by atoms with Crippen LogP contribution in [0.15, 0.2) is 77.2 Å². The Hall–Kier alpha value is -4.32. The van der Waals surface area contributed by atoms with Gasteiger partial charge < -0.3 is 4.42 Å². The maximum atomic E-state index is 6.44. The lowest BCUT2D eigenvalue weighted by atomic mass is 9.86. The molecule has 39 heavy (non-hydrogen) atoms. The molecule has 0 fully saturated rings. The summed E-state index contributed by atoms with van der Waals surface area (Å²) in [5.74, 6) is 0.639. The van der Waals surface area contributed by atoms with Crippen LogP contribution in [0.2, 0.25) is 0 Å². The highest BCUT2D eigenvalue weighted by molar-refractivity contribution is 5.99. The van der Waals surface area contributed by atoms with Gasteiger partial charge in [0.2, 0.25) is 17.3 Å². The van der Waals surface area contributed by atoms with Crippen LogP contribution < -0.4 is 9.25 Å². The largest absolute Gasteiger partial charge is 0.437 e. The molecule has 5 aromatic rings. The van der Waals surface area contributed by atoms with Crippen LogP contribution in [-0.2, 0) is 12.1 Å². The molecule has 0 amide bonds. The van der Waals surface area contributed by atoms with Crippen LogP contribution >= 0.6 is 0 Å². The first-order chi connectivity index (χ1) is 18.6. The number of hydrogen-bond donors (Lipinski definition) is 0. The molecule has 198 valence electrons. The van der Waals surface area contributed by atoms with Gasteiger partial charge in [0.05, 0.1) is 18.0 Å². The molecule has 5 rings (SSSR count). The van der Waals surface area contributed by atoms with Gasteiger partial charge in [0.1, 0.15) is 5.69 Å². The minimum absolute atomic E-state index is 0.0249. The molecule has 6 heteroatoms. The minimum atomic E-state index is -0.0249. The molecule has 0 aliphatic rings. The maximum absolute atomic E-state index is 6.44. The second-order valence-corrected chi connectivity index (χ2v) is 11.1. The van der Waals surface area contributed by atoms with Gasteiger partial charge in [-0.2, -0.15) is 0 Å². The van der Waals surface area contributed by atoms with Crippen LogP contribution in [0, 0.1) is 20.8 Å². The predicted octanol–water partition coefficient (Wildman–Crippen LogP) is 6.95. The molecule has 0 bridgehead atoms. The van der Waals surface area contributed by atoms with Gasteiger partial charge in [-0.1, -0.05) is 45.6 Å². The number of aliphatic imine (C=N–C) groups is 1. The van der Waals surface area contributed by atoms with Crippen molar-refractivity contribution in [3.8, 4) is 16.9 Å². The maximum Gasteiger partial charge on any atom is 0.366 e. The molecule has 0 N–H and O–H groups in total. The topological polar surface area (TPSA) is 51.1 Å². The van der Waals surface area contributed by atoms with Gasteiger partial charge in [-0.15, -0.1) is 9.25 Å². The molecular weight excluding hydrogens is 482 g/mol. The van der Waals surface area contributed by atoms with Gasteiger partial charge in [-0.05, 0) is 53.6 Å². The van der Waals surface area contributed by atoms with Crippen LogP contribution in [0.1, 0.15) is 55.6 Å². The summed E-state index contributed by atoms with van der Waals surface area (Å²) in [6.45, 7) is 19.7. The summed E-state index contributed by atoms with van der Waals surface area (Å²) in [6, 6.07) is 12.9. The molecule has 4 heterocycles. The van der Waals surface area contributed by atoms with Gasteiger partial charge in [0.25, 0.3) is 0 Å². The fourth-order valence-electron chi connectivity index (χ4n) is 5.04. The zero-order chi connectivity index (χ0) is 27.9. The molecule has 6 nitrogen and oxygen atoms in total. The summed E-state index contributed by atoms with van der Waals surface area (Å²) in [5, 5.41) is 1.06. The Morgan fingerprint density at radius 1 is 1.10 bits per heavy atom. The summed E-state index contributed by atoms with van der Waals surface area (Å²) >= 11 is 0. The third-order valence-corrected chi connectivity index (χ3v) is 7.41. The monoisotopic (exact) mass is 519 g/mol. The first kappa shape index (κ1) is 26.3. The molecule has 0 aliphatic carbocycles. The van der Waals surface area contributed by atoms with Crippen LogP contribution in [0.5, 0.6) is 0 Å². The standard InChI is InChI=1S/C33H37N5O/c1-9-25-11-12-27-24(5)32(35-10-2)39-31(27)30(25)28-19-26(33(6,7)8)15-17-36(28)21-38-23(4)14-18-37(38)29-20-34-16-13-22(29)3/h9-20H,1,21H2,2-8H3/q+2/b35-10-. The first-order valence-corrected chi connectivity index (χ1v) is 13.3. The van der Waals surface area contributed by atoms with E-state index in [9.17, 15) is 0 Å². The van der Waals surface area contributed by atoms with E-state index in [4.69, 9.17) is 4.42 Å². The van der Waals surface area contributed by atoms with Crippen molar-refractivity contribution in [3.63, 3.8) is 0 Å². The van der Waals surface area contributed by atoms with Gasteiger partial charge >= 0.3 is 6.67 Å². The van der Waals surface area contributed by atoms with Crippen molar-refractivity contribution in [2.24, 2.45) is 4.99 Å². The molecular formula is C33H37N5O+2. The van der Waals surface area contributed by atoms with Crippen LogP contribution in [0.3, 0.4) is 0 Å². The quantitative estimate of drug-likeness (QED) is 0.180. The summed E-state index contributed by atoms with van der Waals surface area (Å²) in [5.41, 5.74) is 9.53. The highest BCUT2D eigenvalue weighted by atomic mass is 16.3. The summed E-state index contributed by atoms with van der Waals surface area (Å²) in [6.07, 6.45) is 11.7. The van der Waals surface area contributed by atoms with E-state index in [-0.39, 0.29) is 5.41 Å². The highest BCUT2D eigenvalue weighted by Gasteiger charge is 2.29. The van der Waals surface area contributed by atoms with E-state index in [1.165, 1.54) is 5.56 Å². The number of aromatic nitrogens is 4. The lowest BCUT2D eigenvalue weighted by molar-refractivity contribution is -0.943. The third-order valence-electron chi connectivity index (χ3n) is 7.41. The molecule has 0 saturated heterocycles. The van der Waals surface area contributed by atoms with E-state index >= 15 is 0 Å². The van der Waals surface area contributed by atoms with Gasteiger partial charge in [0, 0.05) is 48.5 Å². The molecule has 0 unspecified atom stereocenters. The highest BCUT2D eigenvalue weighted by Crippen LogP contribution is 2.39. The molecule has 1 aromatic carbocycles. The third kappa shape index (κ3) is 4.71. The number of benzene rings is 1. The van der Waals surface area contributed by atoms with Crippen molar-refractivity contribution in [2.45, 2.75) is 60.5 Å². The Bertz CT molecular complexity index is 1730. The van der Waals surface area contributed by atoms with Crippen LogP contribution in [-0.4, -0.2) is 15.9 Å². The zero-order valence-corrected chi connectivity index (χ0v) is 24.0. The zero-order valence-electron chi connectivity index (χ0n) is 24.0. The molecule has 0 spiro atoms. The van der Waals surface area contributed by atoms with Crippen molar-refractivity contribution in [1.29, 1.82) is 0 Å². The van der Waals surface area contributed by atoms with Crippen molar-refractivity contribution in [3.05, 3.63) is 95.7 Å². The number of rotatable bonds is 6. The number of pyridine rings is 2. The van der Waals surface area contributed by atoms with E-state index in [2.05, 4.69) is 115 Å². The predicted molar refractivity (Wildman–Crippen MR) is 158 cm³/mol. The molecule has 0 atom stereocenters. The first-order valence-electron chi connectivity index (χ1n) is 13.3. The molecule has 0 radical (unpaired) electrons. The Kier molecular flexibility index (Phi) is 6.81. The van der Waals surface area contributed by atoms with Gasteiger partial charge in [-0.25, -0.2) is 4.99 Å². The smallest absolute Gasteiger partial charge is 0.366 e. The Labute approximate surface area is 230 Å². The lowest BCUT2D eigenvalue weighted by Gasteiger charge is -2.19. The summed E-state index contributed by atoms with van der Waals surface area (Å²) in [4.78, 5) is 8.89. The summed E-state index contributed by atoms with van der Waals surface area (Å²) in [7, 11) is 0. The van der Waals surface area contributed by atoms with Crippen molar-refractivity contribution < 1.29 is 13.7 Å². The normalized spacial score (nSPS) is 12.1. The Morgan fingerprint density at radius 3 is 2.59 bits per heavy atom. The second-order valence-electron chi connectivity index (χ2n) is 11.1. The fourth-order valence-corrected chi connectivity index (χ4v) is 5.04. The SMILES string of the molecule is C=Cc1ccc2c(C)c(/N=C\C)oc2c1-c1cc(C(C)(C)C)cc[n+]1C[n+]1c(C)ccn1-c1cnccc1C. The minimum Gasteiger partial charge on any atom is -0.437 e. The average molecular weight is 520 g/mol. The van der Waals surface area contributed by atoms with E-state index in [0.717, 1.165) is 50.3 Å². The van der Waals surface area contributed by atoms with Crippen molar-refractivity contribution in [2.75, 3.05) is 0 Å². The molecule has 0 saturated carbocycles. The average Bonchev–Trinajstić information content (AvgIpc) is 3.42. The number of aryl methyl sites for hydroxylation is 3. The van der Waals surface area contributed by atoms with E-state index in [1.54, 1.807) is 6.21 Å². The Morgan fingerprint density at radius 2 is 1.90 bits per heavy atom. The van der Waals surface area contributed by atoms with Crippen molar-refractivity contribution >= 4 is 29.1 Å². The van der Waals surface area contributed by atoms with Gasteiger partial charge in [-0.3, -0.25) is 4.98 Å². The second kappa shape index (κ2) is 10.1. The number of furan rings is 1. The van der Waals surface area contributed by atoms with Crippen molar-refractivity contribution in [1.82, 2.24) is 9.67 Å². The summed E-state index contributed by atoms with van der Waals surface area (Å²) < 4.78 is 13.2. The Balaban J connectivity index is 1.78. The van der Waals surface area contributed by atoms with Crippen LogP contribution in [0.25, 0.3) is 34.0 Å². The van der Waals surface area contributed by atoms with E-state index in [0.29, 0.717) is 12.6 Å². The lowest BCUT2D eigenvalue weighted by Crippen LogP contribution is -2.58. The number of fused-ring (bicyclic) bond motifs is 1. The van der Waals surface area contributed by atoms with E-state index < -0.39 is 0 Å². The number of hydrogen-bond acceptors (Lipinski definition) is 3. The molecule has 4 aromatic heterocycles.